The van der Waals surface area contributed by atoms with Gasteiger partial charge in [0.05, 0.1) is 11.3 Å². The van der Waals surface area contributed by atoms with Gasteiger partial charge in [-0.1, -0.05) is 74.0 Å². The van der Waals surface area contributed by atoms with Crippen LogP contribution in [-0.2, 0) is 6.42 Å². The molecular weight excluding hydrogens is 421 g/mol. The van der Waals surface area contributed by atoms with Crippen LogP contribution in [0, 0.1) is 3.57 Å². The highest BCUT2D eigenvalue weighted by Gasteiger charge is 2.22. The lowest BCUT2D eigenvalue weighted by Gasteiger charge is -2.15. The van der Waals surface area contributed by atoms with Crippen LogP contribution in [0.4, 0.5) is 0 Å². The molecule has 0 aliphatic rings. The molecule has 0 radical (unpaired) electrons. The molecule has 2 nitrogen and oxygen atoms in total. The fraction of sp³-hybridized carbons (Fsp3) is 0.182. The summed E-state index contributed by atoms with van der Waals surface area (Å²) in [5, 5.41) is 0. The number of aromatic nitrogens is 1. The van der Waals surface area contributed by atoms with E-state index in [9.17, 15) is 4.79 Å². The van der Waals surface area contributed by atoms with E-state index in [2.05, 4.69) is 46.6 Å². The first-order valence-electron chi connectivity index (χ1n) is 8.55. The molecule has 2 aromatic carbocycles. The Bertz CT molecular complexity index is 860. The second-order valence-electron chi connectivity index (χ2n) is 5.97. The van der Waals surface area contributed by atoms with Gasteiger partial charge in [0.1, 0.15) is 0 Å². The molecule has 0 fully saturated rings. The molecule has 0 atom stereocenters. The van der Waals surface area contributed by atoms with E-state index < -0.39 is 0 Å². The van der Waals surface area contributed by atoms with Crippen LogP contribution in [0.3, 0.4) is 0 Å². The summed E-state index contributed by atoms with van der Waals surface area (Å²) in [6, 6.07) is 19.6. The maximum absolute atomic E-state index is 13.3. The topological polar surface area (TPSA) is 30.0 Å². The summed E-state index contributed by atoms with van der Waals surface area (Å²) in [4.78, 5) is 18.0. The van der Waals surface area contributed by atoms with Crippen LogP contribution in [0.15, 0.2) is 66.9 Å². The van der Waals surface area contributed by atoms with Crippen molar-refractivity contribution in [3.63, 3.8) is 0 Å². The van der Waals surface area contributed by atoms with Crippen LogP contribution in [-0.4, -0.2) is 10.8 Å². The molecule has 3 aromatic rings. The van der Waals surface area contributed by atoms with Crippen LogP contribution in [0.2, 0.25) is 0 Å². The number of nitrogens with zero attached hydrogens (tertiary/aromatic N) is 1. The van der Waals surface area contributed by atoms with Crippen LogP contribution < -0.4 is 0 Å². The Labute approximate surface area is 162 Å². The fourth-order valence-electron chi connectivity index (χ4n) is 2.93. The Morgan fingerprint density at radius 1 is 1.00 bits per heavy atom. The molecule has 1 aromatic heterocycles. The van der Waals surface area contributed by atoms with Crippen molar-refractivity contribution in [1.29, 1.82) is 0 Å². The molecule has 0 aliphatic carbocycles. The molecule has 126 valence electrons. The van der Waals surface area contributed by atoms with E-state index in [1.807, 2.05) is 54.7 Å². The summed E-state index contributed by atoms with van der Waals surface area (Å²) in [5.74, 6) is 0.0524. The van der Waals surface area contributed by atoms with E-state index in [0.29, 0.717) is 5.56 Å². The molecule has 3 heteroatoms. The summed E-state index contributed by atoms with van der Waals surface area (Å²) >= 11 is 2.28. The Kier molecular flexibility index (Phi) is 5.97. The number of hydrogen-bond donors (Lipinski definition) is 0. The van der Waals surface area contributed by atoms with Gasteiger partial charge in [-0.25, -0.2) is 0 Å². The van der Waals surface area contributed by atoms with Gasteiger partial charge in [0.2, 0.25) is 0 Å². The molecule has 0 spiro atoms. The molecule has 25 heavy (non-hydrogen) atoms. The summed E-state index contributed by atoms with van der Waals surface area (Å²) < 4.78 is 1.00. The third kappa shape index (κ3) is 3.98. The van der Waals surface area contributed by atoms with Crippen LogP contribution in [0.5, 0.6) is 0 Å². The zero-order chi connectivity index (χ0) is 17.6. The molecule has 0 amide bonds. The normalized spacial score (nSPS) is 10.6. The molecule has 0 N–H and O–H groups in total. The largest absolute Gasteiger partial charge is 0.289 e. The van der Waals surface area contributed by atoms with Crippen molar-refractivity contribution in [3.8, 4) is 11.1 Å². The fourth-order valence-corrected chi connectivity index (χ4v) is 3.65. The third-order valence-electron chi connectivity index (χ3n) is 4.20. The summed E-state index contributed by atoms with van der Waals surface area (Å²) in [6.07, 6.45) is 4.81. The minimum absolute atomic E-state index is 0.0524. The predicted octanol–water partition coefficient (Wildman–Crippen LogP) is 5.93. The van der Waals surface area contributed by atoms with Gasteiger partial charge in [-0.3, -0.25) is 9.78 Å². The van der Waals surface area contributed by atoms with Crippen molar-refractivity contribution >= 4 is 28.4 Å². The van der Waals surface area contributed by atoms with Crippen molar-refractivity contribution in [2.24, 2.45) is 0 Å². The molecule has 1 heterocycles. The number of carbonyl (C=O) groups excluding carboxylic acids is 1. The molecule has 0 unspecified atom stereocenters. The van der Waals surface area contributed by atoms with Crippen molar-refractivity contribution in [3.05, 3.63) is 87.3 Å². The standard InChI is InChI=1S/C22H20INO/c1-2-3-14-19-21(22(25)17-12-8-5-9-13-17)20(18(23)15-24-19)16-10-6-4-7-11-16/h4-13,15H,2-3,14H2,1H3. The monoisotopic (exact) mass is 441 g/mol. The number of ketones is 1. The number of carbonyl (C=O) groups is 1. The van der Waals surface area contributed by atoms with Gasteiger partial charge in [-0.05, 0) is 41.0 Å². The second kappa shape index (κ2) is 8.39. The second-order valence-corrected chi connectivity index (χ2v) is 7.13. The Balaban J connectivity index is 2.21. The van der Waals surface area contributed by atoms with E-state index in [4.69, 9.17) is 0 Å². The lowest BCUT2D eigenvalue weighted by molar-refractivity contribution is 0.103. The zero-order valence-electron chi connectivity index (χ0n) is 14.2. The summed E-state index contributed by atoms with van der Waals surface area (Å²) in [6.45, 7) is 2.16. The number of aryl methyl sites for hydroxylation is 1. The lowest BCUT2D eigenvalue weighted by Crippen LogP contribution is -2.11. The molecular formula is C22H20INO. The molecule has 0 aliphatic heterocycles. The highest BCUT2D eigenvalue weighted by molar-refractivity contribution is 14.1. The van der Waals surface area contributed by atoms with Crippen LogP contribution in [0.1, 0.15) is 41.4 Å². The number of halogens is 1. The van der Waals surface area contributed by atoms with Gasteiger partial charge < -0.3 is 0 Å². The van der Waals surface area contributed by atoms with E-state index in [-0.39, 0.29) is 5.78 Å². The zero-order valence-corrected chi connectivity index (χ0v) is 16.4. The average Bonchev–Trinajstić information content (AvgIpc) is 2.67. The first-order chi connectivity index (χ1) is 12.2. The minimum atomic E-state index is 0.0524. The van der Waals surface area contributed by atoms with Crippen molar-refractivity contribution in [1.82, 2.24) is 4.98 Å². The van der Waals surface area contributed by atoms with Crippen LogP contribution >= 0.6 is 22.6 Å². The maximum atomic E-state index is 13.3. The SMILES string of the molecule is CCCCc1ncc(I)c(-c2ccccc2)c1C(=O)c1ccccc1. The first-order valence-corrected chi connectivity index (χ1v) is 9.62. The third-order valence-corrected chi connectivity index (χ3v) is 5.02. The molecule has 0 bridgehead atoms. The van der Waals surface area contributed by atoms with Gasteiger partial charge in [0, 0.05) is 20.9 Å². The first kappa shape index (κ1) is 17.8. The van der Waals surface area contributed by atoms with Crippen molar-refractivity contribution in [2.75, 3.05) is 0 Å². The van der Waals surface area contributed by atoms with Gasteiger partial charge in [0.25, 0.3) is 0 Å². The number of benzene rings is 2. The highest BCUT2D eigenvalue weighted by Crippen LogP contribution is 2.32. The maximum Gasteiger partial charge on any atom is 0.195 e. The lowest BCUT2D eigenvalue weighted by atomic mass is 9.91. The number of rotatable bonds is 6. The minimum Gasteiger partial charge on any atom is -0.289 e. The molecule has 3 rings (SSSR count). The Morgan fingerprint density at radius 3 is 2.28 bits per heavy atom. The Hall–Kier alpha value is -2.01. The van der Waals surface area contributed by atoms with E-state index in [1.165, 1.54) is 0 Å². The van der Waals surface area contributed by atoms with Gasteiger partial charge in [-0.2, -0.15) is 0 Å². The van der Waals surface area contributed by atoms with Gasteiger partial charge in [0.15, 0.2) is 5.78 Å². The smallest absolute Gasteiger partial charge is 0.195 e. The van der Waals surface area contributed by atoms with Gasteiger partial charge >= 0.3 is 0 Å². The van der Waals surface area contributed by atoms with Crippen molar-refractivity contribution in [2.45, 2.75) is 26.2 Å². The number of unbranched alkanes of at least 4 members (excludes halogenated alkanes) is 1. The highest BCUT2D eigenvalue weighted by atomic mass is 127. The van der Waals surface area contributed by atoms with E-state index in [1.54, 1.807) is 0 Å². The quantitative estimate of drug-likeness (QED) is 0.351. The van der Waals surface area contributed by atoms with E-state index >= 15 is 0 Å². The van der Waals surface area contributed by atoms with Gasteiger partial charge in [-0.15, -0.1) is 0 Å². The molecule has 0 saturated carbocycles. The Morgan fingerprint density at radius 2 is 1.64 bits per heavy atom. The number of hydrogen-bond acceptors (Lipinski definition) is 2. The molecule has 0 saturated heterocycles. The summed E-state index contributed by atoms with van der Waals surface area (Å²) in [5.41, 5.74) is 4.41. The van der Waals surface area contributed by atoms with E-state index in [0.717, 1.165) is 45.2 Å². The summed E-state index contributed by atoms with van der Waals surface area (Å²) in [7, 11) is 0. The number of pyridine rings is 1. The predicted molar refractivity (Wildman–Crippen MR) is 111 cm³/mol. The van der Waals surface area contributed by atoms with Crippen LogP contribution in [0.25, 0.3) is 11.1 Å². The van der Waals surface area contributed by atoms with Crippen molar-refractivity contribution < 1.29 is 4.79 Å². The average molecular weight is 441 g/mol.